The van der Waals surface area contributed by atoms with Gasteiger partial charge in [0.15, 0.2) is 0 Å². The van der Waals surface area contributed by atoms with Crippen molar-refractivity contribution in [2.75, 3.05) is 13.1 Å². The first-order chi connectivity index (χ1) is 12.5. The summed E-state index contributed by atoms with van der Waals surface area (Å²) in [5.74, 6) is 1.65. The molecule has 0 saturated heterocycles. The van der Waals surface area contributed by atoms with E-state index in [1.54, 1.807) is 12.4 Å². The summed E-state index contributed by atoms with van der Waals surface area (Å²) in [6, 6.07) is 0. The number of primary amides is 1. The van der Waals surface area contributed by atoms with Gasteiger partial charge in [-0.3, -0.25) is 9.59 Å². The van der Waals surface area contributed by atoms with E-state index in [1.807, 2.05) is 40.3 Å². The van der Waals surface area contributed by atoms with E-state index in [0.29, 0.717) is 51.9 Å². The van der Waals surface area contributed by atoms with Crippen LogP contribution in [0.5, 0.6) is 0 Å². The zero-order chi connectivity index (χ0) is 18.9. The maximum atomic E-state index is 12.6. The highest BCUT2D eigenvalue weighted by Gasteiger charge is 2.14. The van der Waals surface area contributed by atoms with Crippen molar-refractivity contribution in [2.24, 2.45) is 5.73 Å². The Morgan fingerprint density at radius 2 is 1.46 bits per heavy atom. The lowest BCUT2D eigenvalue weighted by Gasteiger charge is -2.24. The molecule has 0 bridgehead atoms. The van der Waals surface area contributed by atoms with Crippen LogP contribution in [0.1, 0.15) is 37.3 Å². The fourth-order valence-corrected chi connectivity index (χ4v) is 2.83. The smallest absolute Gasteiger partial charge is 0.222 e. The van der Waals surface area contributed by atoms with Crippen molar-refractivity contribution in [1.82, 2.24) is 24.0 Å². The van der Waals surface area contributed by atoms with Crippen molar-refractivity contribution in [3.63, 3.8) is 0 Å². The molecule has 0 atom stereocenters. The molecule has 0 saturated carbocycles. The fourth-order valence-electron chi connectivity index (χ4n) is 2.83. The Hall–Kier alpha value is -2.64. The lowest BCUT2D eigenvalue weighted by Crippen LogP contribution is -2.36. The van der Waals surface area contributed by atoms with E-state index < -0.39 is 0 Å². The minimum Gasteiger partial charge on any atom is -0.370 e. The van der Waals surface area contributed by atoms with Crippen molar-refractivity contribution in [3.05, 3.63) is 36.4 Å². The quantitative estimate of drug-likeness (QED) is 0.610. The Labute approximate surface area is 154 Å². The lowest BCUT2D eigenvalue weighted by atomic mass is 10.1. The molecule has 2 aromatic rings. The summed E-state index contributed by atoms with van der Waals surface area (Å²) in [6.07, 6.45) is 9.45. The summed E-state index contributed by atoms with van der Waals surface area (Å²) >= 11 is 0. The Morgan fingerprint density at radius 3 is 1.88 bits per heavy atom. The second-order valence-corrected chi connectivity index (χ2v) is 6.39. The van der Waals surface area contributed by atoms with Gasteiger partial charge in [0.05, 0.1) is 0 Å². The average molecular weight is 360 g/mol. The van der Waals surface area contributed by atoms with Crippen molar-refractivity contribution >= 4 is 11.8 Å². The summed E-state index contributed by atoms with van der Waals surface area (Å²) < 4.78 is 4.08. The van der Waals surface area contributed by atoms with Gasteiger partial charge in [-0.05, 0) is 26.7 Å². The molecule has 2 rings (SSSR count). The molecule has 2 N–H and O–H groups in total. The number of carbonyl (C=O) groups is 2. The van der Waals surface area contributed by atoms with Gasteiger partial charge in [0.1, 0.15) is 11.6 Å². The molecule has 2 aromatic heterocycles. The summed E-state index contributed by atoms with van der Waals surface area (Å²) in [7, 11) is 0. The number of nitrogens with zero attached hydrogens (tertiary/aromatic N) is 5. The third kappa shape index (κ3) is 6.02. The van der Waals surface area contributed by atoms with Crippen molar-refractivity contribution in [3.8, 4) is 0 Å². The number of nitrogens with two attached hydrogens (primary N) is 1. The van der Waals surface area contributed by atoms with Gasteiger partial charge in [0, 0.05) is 63.8 Å². The van der Waals surface area contributed by atoms with Gasteiger partial charge < -0.3 is 19.8 Å². The van der Waals surface area contributed by atoms with Gasteiger partial charge >= 0.3 is 0 Å². The first-order valence-corrected chi connectivity index (χ1v) is 8.99. The highest BCUT2D eigenvalue weighted by atomic mass is 16.2. The third-order valence-electron chi connectivity index (χ3n) is 4.49. The molecule has 2 heterocycles. The Balaban J connectivity index is 1.90. The number of rotatable bonds is 11. The Bertz CT molecular complexity index is 677. The van der Waals surface area contributed by atoms with Gasteiger partial charge in [-0.2, -0.15) is 0 Å². The van der Waals surface area contributed by atoms with Crippen LogP contribution in [0.25, 0.3) is 0 Å². The number of aryl methyl sites for hydroxylation is 2. The number of amides is 2. The van der Waals surface area contributed by atoms with Crippen LogP contribution in [0.3, 0.4) is 0 Å². The molecule has 2 amide bonds. The molecule has 0 radical (unpaired) electrons. The maximum absolute atomic E-state index is 12.6. The topological polar surface area (TPSA) is 99.0 Å². The van der Waals surface area contributed by atoms with E-state index in [2.05, 4.69) is 9.97 Å². The highest BCUT2D eigenvalue weighted by molar-refractivity contribution is 5.76. The van der Waals surface area contributed by atoms with Gasteiger partial charge in [-0.25, -0.2) is 9.97 Å². The average Bonchev–Trinajstić information content (AvgIpc) is 3.19. The standard InChI is InChI=1S/C18H28N6O2/c1-15-20-7-9-22(15)11-13-24(14-12-23-10-8-21-16(23)2)18(26)6-4-3-5-17(19)25/h7-10H,3-6,11-14H2,1-2H3,(H2,19,25). The number of aromatic nitrogens is 4. The fraction of sp³-hybridized carbons (Fsp3) is 0.556. The number of hydrogen-bond acceptors (Lipinski definition) is 4. The van der Waals surface area contributed by atoms with E-state index in [-0.39, 0.29) is 11.8 Å². The molecule has 0 aromatic carbocycles. The molecular weight excluding hydrogens is 332 g/mol. The molecule has 0 fully saturated rings. The van der Waals surface area contributed by atoms with Crippen LogP contribution >= 0.6 is 0 Å². The molecule has 0 aliphatic heterocycles. The van der Waals surface area contributed by atoms with E-state index >= 15 is 0 Å². The first-order valence-electron chi connectivity index (χ1n) is 8.99. The lowest BCUT2D eigenvalue weighted by molar-refractivity contribution is -0.131. The van der Waals surface area contributed by atoms with Crippen molar-refractivity contribution < 1.29 is 9.59 Å². The Morgan fingerprint density at radius 1 is 0.962 bits per heavy atom. The van der Waals surface area contributed by atoms with Crippen LogP contribution < -0.4 is 5.73 Å². The minimum atomic E-state index is -0.319. The second-order valence-electron chi connectivity index (χ2n) is 6.39. The summed E-state index contributed by atoms with van der Waals surface area (Å²) in [5.41, 5.74) is 5.15. The predicted octanol–water partition coefficient (Wildman–Crippen LogP) is 1.27. The highest BCUT2D eigenvalue weighted by Crippen LogP contribution is 2.06. The first kappa shape index (κ1) is 19.7. The van der Waals surface area contributed by atoms with Crippen LogP contribution in [-0.2, 0) is 22.7 Å². The molecule has 8 nitrogen and oxygen atoms in total. The van der Waals surface area contributed by atoms with E-state index in [4.69, 9.17) is 5.73 Å². The molecule has 142 valence electrons. The summed E-state index contributed by atoms with van der Waals surface area (Å²) in [4.78, 5) is 33.8. The molecule has 0 unspecified atom stereocenters. The van der Waals surface area contributed by atoms with E-state index in [0.717, 1.165) is 11.6 Å². The molecule has 0 aliphatic rings. The van der Waals surface area contributed by atoms with Gasteiger partial charge in [-0.1, -0.05) is 0 Å². The largest absolute Gasteiger partial charge is 0.370 e. The number of imidazole rings is 2. The van der Waals surface area contributed by atoms with Gasteiger partial charge in [-0.15, -0.1) is 0 Å². The molecular formula is C18H28N6O2. The number of unbranched alkanes of at least 4 members (excludes halogenated alkanes) is 1. The molecule has 0 aliphatic carbocycles. The second kappa shape index (κ2) is 9.74. The predicted molar refractivity (Wildman–Crippen MR) is 98.2 cm³/mol. The van der Waals surface area contributed by atoms with Crippen LogP contribution in [-0.4, -0.2) is 48.9 Å². The zero-order valence-corrected chi connectivity index (χ0v) is 15.6. The monoisotopic (exact) mass is 360 g/mol. The molecule has 26 heavy (non-hydrogen) atoms. The zero-order valence-electron chi connectivity index (χ0n) is 15.6. The normalized spacial score (nSPS) is 10.8. The van der Waals surface area contributed by atoms with Crippen LogP contribution in [0.4, 0.5) is 0 Å². The van der Waals surface area contributed by atoms with Crippen molar-refractivity contribution in [1.29, 1.82) is 0 Å². The SMILES string of the molecule is Cc1nccn1CCN(CCn1ccnc1C)C(=O)CCCCC(N)=O. The number of carbonyl (C=O) groups excluding carboxylic acids is 2. The maximum Gasteiger partial charge on any atom is 0.222 e. The molecule has 8 heteroatoms. The van der Waals surface area contributed by atoms with E-state index in [9.17, 15) is 9.59 Å². The van der Waals surface area contributed by atoms with Gasteiger partial charge in [0.25, 0.3) is 0 Å². The van der Waals surface area contributed by atoms with Crippen LogP contribution in [0.15, 0.2) is 24.8 Å². The van der Waals surface area contributed by atoms with Crippen molar-refractivity contribution in [2.45, 2.75) is 52.6 Å². The third-order valence-corrected chi connectivity index (χ3v) is 4.49. The Kier molecular flexibility index (Phi) is 7.37. The molecule has 0 spiro atoms. The summed E-state index contributed by atoms with van der Waals surface area (Å²) in [5, 5.41) is 0. The van der Waals surface area contributed by atoms with Crippen LogP contribution in [0, 0.1) is 13.8 Å². The number of hydrogen-bond donors (Lipinski definition) is 1. The van der Waals surface area contributed by atoms with Gasteiger partial charge in [0.2, 0.25) is 11.8 Å². The summed E-state index contributed by atoms with van der Waals surface area (Å²) in [6.45, 7) is 6.57. The van der Waals surface area contributed by atoms with Crippen LogP contribution in [0.2, 0.25) is 0 Å². The van der Waals surface area contributed by atoms with E-state index in [1.165, 1.54) is 0 Å². The minimum absolute atomic E-state index is 0.102.